The van der Waals surface area contributed by atoms with E-state index < -0.39 is 17.5 Å². The van der Waals surface area contributed by atoms with E-state index in [9.17, 15) is 13.6 Å². The largest absolute Gasteiger partial charge is 0.352 e. The molecule has 4 aromatic rings. The van der Waals surface area contributed by atoms with Crippen LogP contribution in [-0.4, -0.2) is 15.9 Å². The first-order valence-electron chi connectivity index (χ1n) is 8.43. The Kier molecular flexibility index (Phi) is 4.63. The smallest absolute Gasteiger partial charge is 0.274 e. The van der Waals surface area contributed by atoms with Crippen LogP contribution in [0.5, 0.6) is 0 Å². The second-order valence-electron chi connectivity index (χ2n) is 6.02. The van der Waals surface area contributed by atoms with Gasteiger partial charge in [-0.2, -0.15) is 0 Å². The molecule has 5 nitrogen and oxygen atoms in total. The van der Waals surface area contributed by atoms with Crippen LogP contribution in [0.15, 0.2) is 73.1 Å². The van der Waals surface area contributed by atoms with E-state index in [0.29, 0.717) is 16.9 Å². The number of nitrogens with zero attached hydrogens (tertiary/aromatic N) is 2. The standard InChI is InChI=1S/C21H14F2N4O/c22-14-6-8-17(16(23)11-14)26-15-7-9-19(25-12-15)21(28)27-18-5-1-3-13-4-2-10-24-20(13)18/h1-12,26H,(H,27,28). The highest BCUT2D eigenvalue weighted by molar-refractivity contribution is 6.07. The van der Waals surface area contributed by atoms with Gasteiger partial charge in [0, 0.05) is 17.6 Å². The lowest BCUT2D eigenvalue weighted by Gasteiger charge is -2.09. The van der Waals surface area contributed by atoms with E-state index in [2.05, 4.69) is 20.6 Å². The fourth-order valence-corrected chi connectivity index (χ4v) is 2.74. The number of hydrogen-bond acceptors (Lipinski definition) is 4. The molecule has 2 aromatic heterocycles. The van der Waals surface area contributed by atoms with Gasteiger partial charge >= 0.3 is 0 Å². The molecular weight excluding hydrogens is 362 g/mol. The van der Waals surface area contributed by atoms with Gasteiger partial charge in [-0.3, -0.25) is 9.78 Å². The summed E-state index contributed by atoms with van der Waals surface area (Å²) in [6.07, 6.45) is 3.06. The van der Waals surface area contributed by atoms with Crippen molar-refractivity contribution in [3.05, 3.63) is 90.4 Å². The number of fused-ring (bicyclic) bond motifs is 1. The summed E-state index contributed by atoms with van der Waals surface area (Å²) >= 11 is 0. The Morgan fingerprint density at radius 3 is 2.54 bits per heavy atom. The first-order valence-corrected chi connectivity index (χ1v) is 8.43. The van der Waals surface area contributed by atoms with Crippen LogP contribution in [0, 0.1) is 11.6 Å². The summed E-state index contributed by atoms with van der Waals surface area (Å²) in [6, 6.07) is 15.6. The van der Waals surface area contributed by atoms with Gasteiger partial charge in [-0.15, -0.1) is 0 Å². The fourth-order valence-electron chi connectivity index (χ4n) is 2.74. The number of carbonyl (C=O) groups is 1. The van der Waals surface area contributed by atoms with Gasteiger partial charge in [-0.25, -0.2) is 13.8 Å². The van der Waals surface area contributed by atoms with Gasteiger partial charge in [-0.05, 0) is 36.4 Å². The second-order valence-corrected chi connectivity index (χ2v) is 6.02. The van der Waals surface area contributed by atoms with Crippen LogP contribution < -0.4 is 10.6 Å². The molecule has 28 heavy (non-hydrogen) atoms. The summed E-state index contributed by atoms with van der Waals surface area (Å²) in [5, 5.41) is 6.50. The zero-order chi connectivity index (χ0) is 19.5. The van der Waals surface area contributed by atoms with Gasteiger partial charge in [0.15, 0.2) is 0 Å². The molecule has 4 rings (SSSR count). The molecule has 138 valence electrons. The number of nitrogens with one attached hydrogen (secondary N) is 2. The van der Waals surface area contributed by atoms with Crippen molar-refractivity contribution in [2.75, 3.05) is 10.6 Å². The van der Waals surface area contributed by atoms with Crippen molar-refractivity contribution >= 4 is 33.9 Å². The number of anilines is 3. The van der Waals surface area contributed by atoms with Crippen molar-refractivity contribution in [1.82, 2.24) is 9.97 Å². The number of halogens is 2. The van der Waals surface area contributed by atoms with Crippen LogP contribution in [0.1, 0.15) is 10.5 Å². The van der Waals surface area contributed by atoms with Crippen molar-refractivity contribution in [3.8, 4) is 0 Å². The molecule has 2 aromatic carbocycles. The maximum absolute atomic E-state index is 13.7. The van der Waals surface area contributed by atoms with Crippen molar-refractivity contribution in [2.24, 2.45) is 0 Å². The monoisotopic (exact) mass is 376 g/mol. The molecule has 0 unspecified atom stereocenters. The minimum atomic E-state index is -0.717. The summed E-state index contributed by atoms with van der Waals surface area (Å²) in [4.78, 5) is 20.9. The Labute approximate surface area is 159 Å². The van der Waals surface area contributed by atoms with Crippen LogP contribution in [0.3, 0.4) is 0 Å². The maximum atomic E-state index is 13.7. The highest BCUT2D eigenvalue weighted by Gasteiger charge is 2.11. The van der Waals surface area contributed by atoms with Gasteiger partial charge in [0.2, 0.25) is 0 Å². The number of hydrogen-bond donors (Lipinski definition) is 2. The van der Waals surface area contributed by atoms with Crippen LogP contribution in [0.4, 0.5) is 25.8 Å². The molecule has 0 fully saturated rings. The Morgan fingerprint density at radius 1 is 0.893 bits per heavy atom. The molecule has 0 radical (unpaired) electrons. The third-order valence-corrected chi connectivity index (χ3v) is 4.09. The van der Waals surface area contributed by atoms with E-state index in [0.717, 1.165) is 17.5 Å². The average molecular weight is 376 g/mol. The Balaban J connectivity index is 1.51. The molecule has 0 atom stereocenters. The van der Waals surface area contributed by atoms with Crippen molar-refractivity contribution < 1.29 is 13.6 Å². The minimum absolute atomic E-state index is 0.113. The summed E-state index contributed by atoms with van der Waals surface area (Å²) in [6.45, 7) is 0. The third-order valence-electron chi connectivity index (χ3n) is 4.09. The zero-order valence-electron chi connectivity index (χ0n) is 14.5. The summed E-state index contributed by atoms with van der Waals surface area (Å²) < 4.78 is 26.7. The maximum Gasteiger partial charge on any atom is 0.274 e. The second kappa shape index (κ2) is 7.40. The van der Waals surface area contributed by atoms with Crippen molar-refractivity contribution in [2.45, 2.75) is 0 Å². The molecule has 0 aliphatic carbocycles. The molecule has 2 N–H and O–H groups in total. The van der Waals surface area contributed by atoms with Crippen molar-refractivity contribution in [3.63, 3.8) is 0 Å². The number of pyridine rings is 2. The number of carbonyl (C=O) groups excluding carboxylic acids is 1. The van der Waals surface area contributed by atoms with Gasteiger partial charge in [0.1, 0.15) is 17.3 Å². The number of amides is 1. The van der Waals surface area contributed by atoms with Gasteiger partial charge in [0.05, 0.1) is 28.8 Å². The molecule has 0 bridgehead atoms. The quantitative estimate of drug-likeness (QED) is 0.531. The van der Waals surface area contributed by atoms with Gasteiger partial charge < -0.3 is 10.6 Å². The van der Waals surface area contributed by atoms with Gasteiger partial charge in [0.25, 0.3) is 5.91 Å². The van der Waals surface area contributed by atoms with Crippen LogP contribution in [0.2, 0.25) is 0 Å². The van der Waals surface area contributed by atoms with E-state index in [4.69, 9.17) is 0 Å². The first kappa shape index (κ1) is 17.5. The molecule has 1 amide bonds. The molecule has 0 aliphatic rings. The molecule has 0 spiro atoms. The van der Waals surface area contributed by atoms with E-state index in [1.807, 2.05) is 24.3 Å². The number of aromatic nitrogens is 2. The lowest BCUT2D eigenvalue weighted by Crippen LogP contribution is -2.14. The highest BCUT2D eigenvalue weighted by atomic mass is 19.1. The van der Waals surface area contributed by atoms with E-state index in [1.165, 1.54) is 18.3 Å². The molecule has 0 aliphatic heterocycles. The van der Waals surface area contributed by atoms with Gasteiger partial charge in [-0.1, -0.05) is 18.2 Å². The Morgan fingerprint density at radius 2 is 1.75 bits per heavy atom. The molecular formula is C21H14F2N4O. The minimum Gasteiger partial charge on any atom is -0.352 e. The predicted molar refractivity (Wildman–Crippen MR) is 104 cm³/mol. The Hall–Kier alpha value is -3.87. The predicted octanol–water partition coefficient (Wildman–Crippen LogP) is 4.90. The number of benzene rings is 2. The third kappa shape index (κ3) is 3.64. The van der Waals surface area contributed by atoms with Crippen molar-refractivity contribution in [1.29, 1.82) is 0 Å². The van der Waals surface area contributed by atoms with Crippen LogP contribution in [-0.2, 0) is 0 Å². The first-order chi connectivity index (χ1) is 13.6. The highest BCUT2D eigenvalue weighted by Crippen LogP contribution is 2.22. The topological polar surface area (TPSA) is 66.9 Å². The lowest BCUT2D eigenvalue weighted by atomic mass is 10.2. The molecule has 2 heterocycles. The normalized spacial score (nSPS) is 10.6. The van der Waals surface area contributed by atoms with Crippen LogP contribution in [0.25, 0.3) is 10.9 Å². The van der Waals surface area contributed by atoms with E-state index >= 15 is 0 Å². The number of rotatable bonds is 4. The van der Waals surface area contributed by atoms with E-state index in [1.54, 1.807) is 18.3 Å². The molecule has 0 saturated carbocycles. The average Bonchev–Trinajstić information content (AvgIpc) is 2.71. The SMILES string of the molecule is O=C(Nc1cccc2cccnc12)c1ccc(Nc2ccc(F)cc2F)cn1. The zero-order valence-corrected chi connectivity index (χ0v) is 14.5. The summed E-state index contributed by atoms with van der Waals surface area (Å²) in [7, 11) is 0. The fraction of sp³-hybridized carbons (Fsp3) is 0. The Bertz CT molecular complexity index is 1160. The lowest BCUT2D eigenvalue weighted by molar-refractivity contribution is 0.102. The van der Waals surface area contributed by atoms with Crippen LogP contribution >= 0.6 is 0 Å². The van der Waals surface area contributed by atoms with E-state index in [-0.39, 0.29) is 11.4 Å². The molecule has 0 saturated heterocycles. The number of para-hydroxylation sites is 1. The summed E-state index contributed by atoms with van der Waals surface area (Å²) in [5.41, 5.74) is 2.04. The molecule has 7 heteroatoms. The summed E-state index contributed by atoms with van der Waals surface area (Å²) in [5.74, 6) is -1.76.